The maximum atomic E-state index is 13.5. The van der Waals surface area contributed by atoms with Crippen molar-refractivity contribution >= 4 is 27.5 Å². The van der Waals surface area contributed by atoms with Gasteiger partial charge >= 0.3 is 0 Å². The van der Waals surface area contributed by atoms with Gasteiger partial charge in [0.1, 0.15) is 6.04 Å². The first-order chi connectivity index (χ1) is 17.7. The zero-order valence-electron chi connectivity index (χ0n) is 22.4. The molecule has 1 saturated carbocycles. The minimum absolute atomic E-state index is 0.0894. The van der Waals surface area contributed by atoms with Gasteiger partial charge in [0, 0.05) is 25.6 Å². The van der Waals surface area contributed by atoms with Crippen LogP contribution in [0.2, 0.25) is 0 Å². The van der Waals surface area contributed by atoms with E-state index in [9.17, 15) is 18.0 Å². The molecular weight excluding hydrogens is 486 g/mol. The molecule has 1 aliphatic rings. The Morgan fingerprint density at radius 1 is 1.00 bits per heavy atom. The summed E-state index contributed by atoms with van der Waals surface area (Å²) in [5.74, 6) is -0.212. The Morgan fingerprint density at radius 2 is 1.65 bits per heavy atom. The number of para-hydroxylation sites is 1. The van der Waals surface area contributed by atoms with Gasteiger partial charge in [0.15, 0.2) is 0 Å². The van der Waals surface area contributed by atoms with Crippen molar-refractivity contribution in [3.8, 4) is 0 Å². The maximum Gasteiger partial charge on any atom is 0.243 e. The van der Waals surface area contributed by atoms with E-state index in [0.717, 1.165) is 36.8 Å². The lowest BCUT2D eigenvalue weighted by atomic mass is 10.1. The minimum Gasteiger partial charge on any atom is -0.352 e. The second-order valence-corrected chi connectivity index (χ2v) is 11.9. The number of carbonyl (C=O) groups excluding carboxylic acids is 2. The minimum atomic E-state index is -3.51. The topological polar surface area (TPSA) is 86.8 Å². The van der Waals surface area contributed by atoms with Crippen LogP contribution in [0.3, 0.4) is 0 Å². The van der Waals surface area contributed by atoms with E-state index in [-0.39, 0.29) is 30.8 Å². The fourth-order valence-electron chi connectivity index (χ4n) is 5.09. The van der Waals surface area contributed by atoms with Gasteiger partial charge in [-0.3, -0.25) is 13.9 Å². The molecular formula is C29H41N3O4S. The Morgan fingerprint density at radius 3 is 2.27 bits per heavy atom. The van der Waals surface area contributed by atoms with Crippen molar-refractivity contribution in [1.29, 1.82) is 0 Å². The summed E-state index contributed by atoms with van der Waals surface area (Å²) < 4.78 is 26.4. The smallest absolute Gasteiger partial charge is 0.243 e. The Labute approximate surface area is 222 Å². The number of nitrogens with one attached hydrogen (secondary N) is 1. The van der Waals surface area contributed by atoms with Crippen molar-refractivity contribution in [1.82, 2.24) is 10.2 Å². The molecule has 1 unspecified atom stereocenters. The van der Waals surface area contributed by atoms with Crippen LogP contribution in [0.1, 0.15) is 63.0 Å². The van der Waals surface area contributed by atoms with Crippen LogP contribution in [0.4, 0.5) is 5.69 Å². The van der Waals surface area contributed by atoms with Gasteiger partial charge in [-0.25, -0.2) is 8.42 Å². The number of amides is 2. The highest BCUT2D eigenvalue weighted by atomic mass is 32.2. The number of hydrogen-bond donors (Lipinski definition) is 1. The summed E-state index contributed by atoms with van der Waals surface area (Å²) in [5.41, 5.74) is 2.59. The van der Waals surface area contributed by atoms with Crippen LogP contribution in [-0.2, 0) is 26.0 Å². The number of carbonyl (C=O) groups is 2. The second-order valence-electron chi connectivity index (χ2n) is 9.96. The summed E-state index contributed by atoms with van der Waals surface area (Å²) in [4.78, 5) is 28.5. The van der Waals surface area contributed by atoms with Crippen molar-refractivity contribution in [2.75, 3.05) is 23.7 Å². The van der Waals surface area contributed by atoms with Crippen LogP contribution in [0.25, 0.3) is 0 Å². The molecule has 3 rings (SSSR count). The van der Waals surface area contributed by atoms with Crippen molar-refractivity contribution in [3.63, 3.8) is 0 Å². The van der Waals surface area contributed by atoms with Crippen LogP contribution in [0.5, 0.6) is 0 Å². The lowest BCUT2D eigenvalue weighted by Crippen LogP contribution is -2.52. The third-order valence-corrected chi connectivity index (χ3v) is 8.29. The average Bonchev–Trinajstić information content (AvgIpc) is 3.37. The van der Waals surface area contributed by atoms with Gasteiger partial charge in [-0.05, 0) is 56.2 Å². The predicted molar refractivity (Wildman–Crippen MR) is 149 cm³/mol. The quantitative estimate of drug-likeness (QED) is 0.417. The van der Waals surface area contributed by atoms with E-state index in [1.807, 2.05) is 62.4 Å². The molecule has 1 fully saturated rings. The standard InChI is InChI=1S/C29H41N3O4S/c1-4-26(29(34)30-25-16-9-10-17-25)31(22-20-24-14-6-5-7-15-24)28(33)19-12-21-32(37(3,35)36)27-18-11-8-13-23(27)2/h5-8,11,13-15,18,25-26H,4,9-10,12,16-17,19-22H2,1-3H3,(H,30,34). The monoisotopic (exact) mass is 527 g/mol. The summed E-state index contributed by atoms with van der Waals surface area (Å²) >= 11 is 0. The van der Waals surface area contributed by atoms with Gasteiger partial charge in [-0.1, -0.05) is 68.3 Å². The summed E-state index contributed by atoms with van der Waals surface area (Å²) in [6.07, 6.45) is 7.11. The van der Waals surface area contributed by atoms with Crippen molar-refractivity contribution in [2.45, 2.75) is 77.3 Å². The lowest BCUT2D eigenvalue weighted by molar-refractivity contribution is -0.141. The zero-order chi connectivity index (χ0) is 26.8. The van der Waals surface area contributed by atoms with Crippen LogP contribution in [-0.4, -0.2) is 56.6 Å². The summed E-state index contributed by atoms with van der Waals surface area (Å²) in [6.45, 7) is 4.45. The summed E-state index contributed by atoms with van der Waals surface area (Å²) in [7, 11) is -3.51. The van der Waals surface area contributed by atoms with Crippen LogP contribution < -0.4 is 9.62 Å². The van der Waals surface area contributed by atoms with Gasteiger partial charge in [-0.15, -0.1) is 0 Å². The molecule has 0 bridgehead atoms. The van der Waals surface area contributed by atoms with Crippen LogP contribution in [0.15, 0.2) is 54.6 Å². The fourth-order valence-corrected chi connectivity index (χ4v) is 6.11. The molecule has 202 valence electrons. The average molecular weight is 528 g/mol. The largest absolute Gasteiger partial charge is 0.352 e. The van der Waals surface area contributed by atoms with Crippen molar-refractivity contribution in [3.05, 3.63) is 65.7 Å². The molecule has 0 radical (unpaired) electrons. The number of aryl methyl sites for hydroxylation is 1. The van der Waals surface area contributed by atoms with E-state index < -0.39 is 16.1 Å². The molecule has 8 heteroatoms. The lowest BCUT2D eigenvalue weighted by Gasteiger charge is -2.32. The number of rotatable bonds is 13. The Bertz CT molecular complexity index is 1130. The van der Waals surface area contributed by atoms with E-state index in [4.69, 9.17) is 0 Å². The number of benzene rings is 2. The third-order valence-electron chi connectivity index (χ3n) is 7.11. The molecule has 1 atom stereocenters. The molecule has 0 aromatic heterocycles. The molecule has 2 amide bonds. The van der Waals surface area contributed by atoms with Crippen LogP contribution in [0, 0.1) is 6.92 Å². The van der Waals surface area contributed by atoms with E-state index in [1.165, 1.54) is 10.6 Å². The molecule has 1 aliphatic carbocycles. The highest BCUT2D eigenvalue weighted by molar-refractivity contribution is 7.92. The third kappa shape index (κ3) is 8.32. The molecule has 1 N–H and O–H groups in total. The molecule has 0 heterocycles. The van der Waals surface area contributed by atoms with Gasteiger partial charge in [0.2, 0.25) is 21.8 Å². The SMILES string of the molecule is CCC(C(=O)NC1CCCC1)N(CCc1ccccc1)C(=O)CCCN(c1ccccc1C)S(C)(=O)=O. The van der Waals surface area contributed by atoms with E-state index in [0.29, 0.717) is 31.5 Å². The molecule has 2 aromatic rings. The Balaban J connectivity index is 1.71. The number of hydrogen-bond acceptors (Lipinski definition) is 4. The van der Waals surface area contributed by atoms with Crippen molar-refractivity contribution in [2.24, 2.45) is 0 Å². The highest BCUT2D eigenvalue weighted by Crippen LogP contribution is 2.23. The predicted octanol–water partition coefficient (Wildman–Crippen LogP) is 4.45. The number of anilines is 1. The zero-order valence-corrected chi connectivity index (χ0v) is 23.2. The van der Waals surface area contributed by atoms with E-state index >= 15 is 0 Å². The molecule has 37 heavy (non-hydrogen) atoms. The second kappa shape index (κ2) is 13.6. The normalized spacial score (nSPS) is 14.8. The fraction of sp³-hybridized carbons (Fsp3) is 0.517. The molecule has 0 aliphatic heterocycles. The van der Waals surface area contributed by atoms with Crippen molar-refractivity contribution < 1.29 is 18.0 Å². The van der Waals surface area contributed by atoms with Gasteiger partial charge in [-0.2, -0.15) is 0 Å². The molecule has 2 aromatic carbocycles. The van der Waals surface area contributed by atoms with Gasteiger partial charge in [0.25, 0.3) is 0 Å². The molecule has 0 saturated heterocycles. The Hall–Kier alpha value is -2.87. The summed E-state index contributed by atoms with van der Waals surface area (Å²) in [6, 6.07) is 16.9. The molecule has 7 nitrogen and oxygen atoms in total. The first-order valence-electron chi connectivity index (χ1n) is 13.4. The number of sulfonamides is 1. The van der Waals surface area contributed by atoms with E-state index in [1.54, 1.807) is 11.0 Å². The maximum absolute atomic E-state index is 13.5. The number of nitrogens with zero attached hydrogens (tertiary/aromatic N) is 2. The van der Waals surface area contributed by atoms with Gasteiger partial charge < -0.3 is 10.2 Å². The first-order valence-corrected chi connectivity index (χ1v) is 15.2. The first kappa shape index (κ1) is 28.7. The van der Waals surface area contributed by atoms with E-state index in [2.05, 4.69) is 5.32 Å². The van der Waals surface area contributed by atoms with Crippen LogP contribution >= 0.6 is 0 Å². The summed E-state index contributed by atoms with van der Waals surface area (Å²) in [5, 5.41) is 3.16. The van der Waals surface area contributed by atoms with Gasteiger partial charge in [0.05, 0.1) is 11.9 Å². The molecule has 0 spiro atoms. The Kier molecular flexibility index (Phi) is 10.6. The highest BCUT2D eigenvalue weighted by Gasteiger charge is 2.30.